The first-order valence-corrected chi connectivity index (χ1v) is 6.61. The van der Waals surface area contributed by atoms with E-state index in [2.05, 4.69) is 37.4 Å². The van der Waals surface area contributed by atoms with Crippen LogP contribution < -0.4 is 10.2 Å². The summed E-state index contributed by atoms with van der Waals surface area (Å²) in [5.74, 6) is 0.764. The number of benzene rings is 1. The second-order valence-electron chi connectivity index (χ2n) is 5.35. The maximum atomic E-state index is 11.7. The monoisotopic (exact) mass is 246 g/mol. The summed E-state index contributed by atoms with van der Waals surface area (Å²) in [6, 6.07) is 6.83. The summed E-state index contributed by atoms with van der Waals surface area (Å²) in [4.78, 5) is 13.4. The Kier molecular flexibility index (Phi) is 3.71. The number of carbonyl (C=O) groups is 1. The zero-order valence-corrected chi connectivity index (χ0v) is 11.7. The standard InChI is InChI=1S/C15H22N2O/c1-10(2)15(16-3)12-5-7-13-11(9-12)6-8-14(18)17(13)4/h5,7,9-10,15-16H,6,8H2,1-4H3. The highest BCUT2D eigenvalue weighted by Crippen LogP contribution is 2.31. The predicted octanol–water partition coefficient (Wildman–Crippen LogP) is 2.51. The molecule has 1 heterocycles. The Bertz CT molecular complexity index is 454. The topological polar surface area (TPSA) is 32.3 Å². The highest BCUT2D eigenvalue weighted by Gasteiger charge is 2.22. The smallest absolute Gasteiger partial charge is 0.227 e. The van der Waals surface area contributed by atoms with E-state index in [0.717, 1.165) is 12.1 Å². The van der Waals surface area contributed by atoms with E-state index in [1.165, 1.54) is 11.1 Å². The fraction of sp³-hybridized carbons (Fsp3) is 0.533. The molecule has 18 heavy (non-hydrogen) atoms. The van der Waals surface area contributed by atoms with Gasteiger partial charge in [-0.1, -0.05) is 26.0 Å². The molecule has 1 amide bonds. The van der Waals surface area contributed by atoms with E-state index in [1.54, 1.807) is 4.90 Å². The molecule has 2 rings (SSSR count). The maximum absolute atomic E-state index is 11.7. The molecule has 0 saturated carbocycles. The van der Waals surface area contributed by atoms with Crippen LogP contribution in [0.4, 0.5) is 5.69 Å². The quantitative estimate of drug-likeness (QED) is 0.888. The molecule has 0 aliphatic carbocycles. The van der Waals surface area contributed by atoms with Crippen molar-refractivity contribution in [3.8, 4) is 0 Å². The largest absolute Gasteiger partial charge is 0.315 e. The van der Waals surface area contributed by atoms with Crippen LogP contribution in [0.5, 0.6) is 0 Å². The van der Waals surface area contributed by atoms with Crippen LogP contribution in [0.15, 0.2) is 18.2 Å². The van der Waals surface area contributed by atoms with Crippen molar-refractivity contribution < 1.29 is 4.79 Å². The molecule has 0 fully saturated rings. The molecule has 1 N–H and O–H groups in total. The number of hydrogen-bond acceptors (Lipinski definition) is 2. The molecular weight excluding hydrogens is 224 g/mol. The highest BCUT2D eigenvalue weighted by atomic mass is 16.2. The number of carbonyl (C=O) groups excluding carboxylic acids is 1. The molecule has 1 aromatic carbocycles. The van der Waals surface area contributed by atoms with Crippen LogP contribution in [0, 0.1) is 5.92 Å². The van der Waals surface area contributed by atoms with Crippen LogP contribution >= 0.6 is 0 Å². The van der Waals surface area contributed by atoms with Crippen molar-refractivity contribution in [2.75, 3.05) is 19.0 Å². The van der Waals surface area contributed by atoms with Gasteiger partial charge in [-0.25, -0.2) is 0 Å². The first-order valence-electron chi connectivity index (χ1n) is 6.61. The lowest BCUT2D eigenvalue weighted by Crippen LogP contribution is -2.31. The van der Waals surface area contributed by atoms with Gasteiger partial charge in [0.15, 0.2) is 0 Å². The van der Waals surface area contributed by atoms with Crippen molar-refractivity contribution >= 4 is 11.6 Å². The Labute approximate surface area is 109 Å². The van der Waals surface area contributed by atoms with Gasteiger partial charge in [-0.15, -0.1) is 0 Å². The molecule has 0 aromatic heterocycles. The van der Waals surface area contributed by atoms with Crippen molar-refractivity contribution in [2.24, 2.45) is 5.92 Å². The van der Waals surface area contributed by atoms with Crippen molar-refractivity contribution in [3.05, 3.63) is 29.3 Å². The molecule has 1 aliphatic rings. The van der Waals surface area contributed by atoms with Crippen LogP contribution in [0.3, 0.4) is 0 Å². The number of nitrogens with one attached hydrogen (secondary N) is 1. The zero-order valence-electron chi connectivity index (χ0n) is 11.7. The molecule has 1 atom stereocenters. The Hall–Kier alpha value is -1.35. The van der Waals surface area contributed by atoms with Gasteiger partial charge >= 0.3 is 0 Å². The lowest BCUT2D eigenvalue weighted by Gasteiger charge is -2.28. The average molecular weight is 246 g/mol. The summed E-state index contributed by atoms with van der Waals surface area (Å²) >= 11 is 0. The Morgan fingerprint density at radius 2 is 2.00 bits per heavy atom. The minimum Gasteiger partial charge on any atom is -0.315 e. The predicted molar refractivity (Wildman–Crippen MR) is 74.8 cm³/mol. The van der Waals surface area contributed by atoms with Gasteiger partial charge in [-0.2, -0.15) is 0 Å². The molecule has 0 radical (unpaired) electrons. The fourth-order valence-electron chi connectivity index (χ4n) is 2.75. The number of anilines is 1. The first-order chi connectivity index (χ1) is 8.54. The highest BCUT2D eigenvalue weighted by molar-refractivity contribution is 5.95. The van der Waals surface area contributed by atoms with Gasteiger partial charge in [0.05, 0.1) is 0 Å². The summed E-state index contributed by atoms with van der Waals surface area (Å²) in [6.45, 7) is 4.44. The molecule has 98 valence electrons. The number of aryl methyl sites for hydroxylation is 1. The van der Waals surface area contributed by atoms with Gasteiger partial charge in [0, 0.05) is 25.2 Å². The van der Waals surface area contributed by atoms with Crippen LogP contribution in [0.2, 0.25) is 0 Å². The van der Waals surface area contributed by atoms with E-state index in [-0.39, 0.29) is 5.91 Å². The third-order valence-electron chi connectivity index (χ3n) is 3.78. The molecule has 0 saturated heterocycles. The molecular formula is C15H22N2O. The molecule has 0 spiro atoms. The SMILES string of the molecule is CNC(c1ccc2c(c1)CCC(=O)N2C)C(C)C. The minimum absolute atomic E-state index is 0.212. The minimum atomic E-state index is 0.212. The van der Waals surface area contributed by atoms with Crippen molar-refractivity contribution in [2.45, 2.75) is 32.7 Å². The third kappa shape index (κ3) is 2.27. The zero-order chi connectivity index (χ0) is 13.3. The summed E-state index contributed by atoms with van der Waals surface area (Å²) in [5, 5.41) is 3.36. The molecule has 0 bridgehead atoms. The Morgan fingerprint density at radius 3 is 2.61 bits per heavy atom. The summed E-state index contributed by atoms with van der Waals surface area (Å²) < 4.78 is 0. The molecule has 3 heteroatoms. The Balaban J connectivity index is 2.36. The van der Waals surface area contributed by atoms with E-state index >= 15 is 0 Å². The van der Waals surface area contributed by atoms with Crippen LogP contribution in [-0.2, 0) is 11.2 Å². The summed E-state index contributed by atoms with van der Waals surface area (Å²) in [6.07, 6.45) is 1.49. The van der Waals surface area contributed by atoms with Crippen molar-refractivity contribution in [1.82, 2.24) is 5.32 Å². The molecule has 1 aliphatic heterocycles. The van der Waals surface area contributed by atoms with E-state index < -0.39 is 0 Å². The number of amides is 1. The Morgan fingerprint density at radius 1 is 1.28 bits per heavy atom. The number of nitrogens with zero attached hydrogens (tertiary/aromatic N) is 1. The second kappa shape index (κ2) is 5.11. The van der Waals surface area contributed by atoms with Crippen molar-refractivity contribution in [1.29, 1.82) is 0 Å². The maximum Gasteiger partial charge on any atom is 0.227 e. The van der Waals surface area contributed by atoms with E-state index in [4.69, 9.17) is 0 Å². The lowest BCUT2D eigenvalue weighted by atomic mass is 9.92. The molecule has 1 unspecified atom stereocenters. The number of rotatable bonds is 3. The number of hydrogen-bond donors (Lipinski definition) is 1. The molecule has 1 aromatic rings. The van der Waals surface area contributed by atoms with Gasteiger partial charge in [0.1, 0.15) is 0 Å². The summed E-state index contributed by atoms with van der Waals surface area (Å²) in [7, 11) is 3.86. The van der Waals surface area contributed by atoms with Gasteiger partial charge < -0.3 is 10.2 Å². The van der Waals surface area contributed by atoms with Crippen molar-refractivity contribution in [3.63, 3.8) is 0 Å². The average Bonchev–Trinajstić information content (AvgIpc) is 2.34. The fourth-order valence-corrected chi connectivity index (χ4v) is 2.75. The van der Waals surface area contributed by atoms with Gasteiger partial charge in [0.2, 0.25) is 5.91 Å². The van der Waals surface area contributed by atoms with Crippen LogP contribution in [0.1, 0.15) is 37.4 Å². The lowest BCUT2D eigenvalue weighted by molar-refractivity contribution is -0.118. The molecule has 3 nitrogen and oxygen atoms in total. The van der Waals surface area contributed by atoms with E-state index in [9.17, 15) is 4.79 Å². The number of fused-ring (bicyclic) bond motifs is 1. The van der Waals surface area contributed by atoms with Crippen LogP contribution in [-0.4, -0.2) is 20.0 Å². The van der Waals surface area contributed by atoms with Crippen LogP contribution in [0.25, 0.3) is 0 Å². The van der Waals surface area contributed by atoms with E-state index in [0.29, 0.717) is 18.4 Å². The first kappa shape index (κ1) is 13.1. The van der Waals surface area contributed by atoms with Gasteiger partial charge in [0.25, 0.3) is 0 Å². The van der Waals surface area contributed by atoms with Gasteiger partial charge in [-0.3, -0.25) is 4.79 Å². The van der Waals surface area contributed by atoms with Gasteiger partial charge in [-0.05, 0) is 36.6 Å². The second-order valence-corrected chi connectivity index (χ2v) is 5.35. The third-order valence-corrected chi connectivity index (χ3v) is 3.78. The normalized spacial score (nSPS) is 16.9. The van der Waals surface area contributed by atoms with E-state index in [1.807, 2.05) is 14.1 Å². The summed E-state index contributed by atoms with van der Waals surface area (Å²) in [5.41, 5.74) is 3.66.